The van der Waals surface area contributed by atoms with Crippen molar-refractivity contribution < 1.29 is 20.4 Å². The number of aliphatic hydroxyl groups is 4. The minimum atomic E-state index is -1.35. The fourth-order valence-electron chi connectivity index (χ4n) is 9.39. The van der Waals surface area contributed by atoms with Crippen molar-refractivity contribution in [3.8, 4) is 0 Å². The van der Waals surface area contributed by atoms with Crippen LogP contribution in [0, 0.1) is 46.3 Å². The predicted molar refractivity (Wildman–Crippen MR) is 123 cm³/mol. The molecule has 4 saturated carbocycles. The number of hydrogen-bond acceptors (Lipinski definition) is 4. The van der Waals surface area contributed by atoms with Crippen molar-refractivity contribution in [1.29, 1.82) is 0 Å². The summed E-state index contributed by atoms with van der Waals surface area (Å²) in [6.45, 7) is 9.54. The Morgan fingerprint density at radius 1 is 0.935 bits per heavy atom. The summed E-state index contributed by atoms with van der Waals surface area (Å²) in [5.41, 5.74) is -1.69. The molecule has 0 bridgehead atoms. The third-order valence-corrected chi connectivity index (χ3v) is 11.0. The molecule has 4 nitrogen and oxygen atoms in total. The zero-order chi connectivity index (χ0) is 22.6. The van der Waals surface area contributed by atoms with E-state index >= 15 is 0 Å². The smallest absolute Gasteiger partial charge is 0.101 e. The van der Waals surface area contributed by atoms with Crippen LogP contribution in [0.15, 0.2) is 0 Å². The SMILES string of the molecule is CC(C)CCC[C@@H](C)[C@H]1CC[C@H]2[C@@H]3C[C@@H](O)[C@@]4(O)C[C@@H](O)CC[C@]4(CO)[C@H]3CC[C@]12C. The van der Waals surface area contributed by atoms with Crippen molar-refractivity contribution in [3.63, 3.8) is 0 Å². The van der Waals surface area contributed by atoms with Gasteiger partial charge in [0.2, 0.25) is 0 Å². The average molecular weight is 437 g/mol. The quantitative estimate of drug-likeness (QED) is 0.493. The van der Waals surface area contributed by atoms with Gasteiger partial charge in [0, 0.05) is 11.8 Å². The Morgan fingerprint density at radius 2 is 1.68 bits per heavy atom. The Morgan fingerprint density at radius 3 is 2.35 bits per heavy atom. The van der Waals surface area contributed by atoms with E-state index < -0.39 is 23.2 Å². The van der Waals surface area contributed by atoms with Crippen LogP contribution < -0.4 is 0 Å². The van der Waals surface area contributed by atoms with Crippen LogP contribution in [0.4, 0.5) is 0 Å². The van der Waals surface area contributed by atoms with Crippen LogP contribution in [-0.2, 0) is 0 Å². The molecule has 0 radical (unpaired) electrons. The third-order valence-electron chi connectivity index (χ3n) is 11.0. The molecule has 0 saturated heterocycles. The van der Waals surface area contributed by atoms with E-state index in [4.69, 9.17) is 0 Å². The Labute approximate surface area is 189 Å². The summed E-state index contributed by atoms with van der Waals surface area (Å²) >= 11 is 0. The molecule has 4 aliphatic carbocycles. The maximum absolute atomic E-state index is 11.6. The van der Waals surface area contributed by atoms with E-state index in [1.165, 1.54) is 38.5 Å². The van der Waals surface area contributed by atoms with E-state index in [0.717, 1.165) is 24.2 Å². The van der Waals surface area contributed by atoms with Crippen molar-refractivity contribution >= 4 is 0 Å². The molecule has 4 aliphatic rings. The highest BCUT2D eigenvalue weighted by atomic mass is 16.4. The first-order chi connectivity index (χ1) is 14.6. The third kappa shape index (κ3) is 3.63. The topological polar surface area (TPSA) is 80.9 Å². The number of aliphatic hydroxyl groups excluding tert-OH is 3. The lowest BCUT2D eigenvalue weighted by molar-refractivity contribution is -0.280. The molecule has 4 N–H and O–H groups in total. The molecule has 0 amide bonds. The molecule has 0 aromatic heterocycles. The van der Waals surface area contributed by atoms with Gasteiger partial charge in [-0.1, -0.05) is 47.0 Å². The first-order valence-corrected chi connectivity index (χ1v) is 13.3. The van der Waals surface area contributed by atoms with Crippen molar-refractivity contribution in [1.82, 2.24) is 0 Å². The molecular weight excluding hydrogens is 388 g/mol. The maximum Gasteiger partial charge on any atom is 0.101 e. The summed E-state index contributed by atoms with van der Waals surface area (Å²) in [7, 11) is 0. The molecule has 180 valence electrons. The van der Waals surface area contributed by atoms with Crippen molar-refractivity contribution in [2.24, 2.45) is 46.3 Å². The first-order valence-electron chi connectivity index (χ1n) is 13.3. The lowest BCUT2D eigenvalue weighted by Gasteiger charge is -2.65. The minimum Gasteiger partial charge on any atom is -0.396 e. The first kappa shape index (κ1) is 24.0. The Bertz CT molecular complexity index is 637. The van der Waals surface area contributed by atoms with E-state index in [-0.39, 0.29) is 18.9 Å². The van der Waals surface area contributed by atoms with E-state index in [9.17, 15) is 20.4 Å². The normalized spacial score (nSPS) is 50.6. The molecule has 0 unspecified atom stereocenters. The maximum atomic E-state index is 11.6. The van der Waals surface area contributed by atoms with Gasteiger partial charge in [-0.05, 0) is 85.9 Å². The molecule has 0 heterocycles. The molecule has 0 aliphatic heterocycles. The van der Waals surface area contributed by atoms with Gasteiger partial charge in [0.05, 0.1) is 18.8 Å². The predicted octanol–water partition coefficient (Wildman–Crippen LogP) is 4.53. The van der Waals surface area contributed by atoms with Gasteiger partial charge in [-0.15, -0.1) is 0 Å². The van der Waals surface area contributed by atoms with Crippen LogP contribution in [0.5, 0.6) is 0 Å². The van der Waals surface area contributed by atoms with Gasteiger partial charge in [-0.3, -0.25) is 0 Å². The van der Waals surface area contributed by atoms with Crippen LogP contribution in [0.2, 0.25) is 0 Å². The highest BCUT2D eigenvalue weighted by Gasteiger charge is 2.69. The lowest BCUT2D eigenvalue weighted by atomic mass is 9.42. The van der Waals surface area contributed by atoms with Crippen molar-refractivity contribution in [2.75, 3.05) is 6.61 Å². The van der Waals surface area contributed by atoms with Crippen LogP contribution >= 0.6 is 0 Å². The monoisotopic (exact) mass is 436 g/mol. The Balaban J connectivity index is 1.56. The van der Waals surface area contributed by atoms with Gasteiger partial charge >= 0.3 is 0 Å². The molecule has 0 aromatic rings. The van der Waals surface area contributed by atoms with Gasteiger partial charge in [-0.2, -0.15) is 0 Å². The van der Waals surface area contributed by atoms with Gasteiger partial charge in [-0.25, -0.2) is 0 Å². The van der Waals surface area contributed by atoms with Gasteiger partial charge in [0.1, 0.15) is 5.60 Å². The van der Waals surface area contributed by atoms with Gasteiger partial charge in [0.15, 0.2) is 0 Å². The van der Waals surface area contributed by atoms with Gasteiger partial charge < -0.3 is 20.4 Å². The molecular formula is C27H48O4. The largest absolute Gasteiger partial charge is 0.396 e. The number of fused-ring (bicyclic) bond motifs is 5. The molecule has 4 heteroatoms. The summed E-state index contributed by atoms with van der Waals surface area (Å²) in [4.78, 5) is 0. The lowest BCUT2D eigenvalue weighted by Crippen LogP contribution is -2.70. The molecule has 0 aromatic carbocycles. The molecule has 4 fully saturated rings. The Kier molecular flexibility index (Phi) is 6.62. The highest BCUT2D eigenvalue weighted by molar-refractivity contribution is 5.18. The molecule has 4 rings (SSSR count). The average Bonchev–Trinajstić information content (AvgIpc) is 3.06. The second-order valence-electron chi connectivity index (χ2n) is 12.8. The standard InChI is InChI=1S/C27H48O4/c1-17(2)6-5-7-18(3)21-8-9-22-20-14-24(30)27(31)15-19(29)10-13-26(27,16-28)23(20)11-12-25(21,22)4/h17-24,28-31H,5-16H2,1-4H3/t18-,19+,20+,21-,22+,23+,24-,25-,26+,27+/m1/s1. The second kappa shape index (κ2) is 8.56. The van der Waals surface area contributed by atoms with Crippen LogP contribution in [0.25, 0.3) is 0 Å². The van der Waals surface area contributed by atoms with Crippen LogP contribution in [0.1, 0.15) is 98.3 Å². The summed E-state index contributed by atoms with van der Waals surface area (Å²) in [6, 6.07) is 0. The fraction of sp³-hybridized carbons (Fsp3) is 1.00. The minimum absolute atomic E-state index is 0.0765. The molecule has 0 spiro atoms. The molecule has 10 atom stereocenters. The number of hydrogen-bond donors (Lipinski definition) is 4. The van der Waals surface area contributed by atoms with Gasteiger partial charge in [0.25, 0.3) is 0 Å². The van der Waals surface area contributed by atoms with Crippen LogP contribution in [0.3, 0.4) is 0 Å². The zero-order valence-corrected chi connectivity index (χ0v) is 20.4. The summed E-state index contributed by atoms with van der Waals surface area (Å²) < 4.78 is 0. The zero-order valence-electron chi connectivity index (χ0n) is 20.4. The second-order valence-corrected chi connectivity index (χ2v) is 12.8. The van der Waals surface area contributed by atoms with E-state index in [1.807, 2.05) is 0 Å². The van der Waals surface area contributed by atoms with E-state index in [2.05, 4.69) is 27.7 Å². The highest BCUT2D eigenvalue weighted by Crippen LogP contribution is 2.69. The summed E-state index contributed by atoms with van der Waals surface area (Å²) in [6.07, 6.45) is 9.35. The Hall–Kier alpha value is -0.160. The summed E-state index contributed by atoms with van der Waals surface area (Å²) in [5, 5.41) is 43.7. The van der Waals surface area contributed by atoms with Crippen molar-refractivity contribution in [3.05, 3.63) is 0 Å². The van der Waals surface area contributed by atoms with Crippen molar-refractivity contribution in [2.45, 2.75) is 116 Å². The fourth-order valence-corrected chi connectivity index (χ4v) is 9.39. The van der Waals surface area contributed by atoms with E-state index in [0.29, 0.717) is 36.5 Å². The number of rotatable bonds is 6. The summed E-state index contributed by atoms with van der Waals surface area (Å²) in [5.74, 6) is 3.49. The van der Waals surface area contributed by atoms with Crippen LogP contribution in [-0.4, -0.2) is 44.8 Å². The van der Waals surface area contributed by atoms with E-state index in [1.54, 1.807) is 0 Å². The molecule has 31 heavy (non-hydrogen) atoms.